The first-order valence-corrected chi connectivity index (χ1v) is 7.73. The highest BCUT2D eigenvalue weighted by Gasteiger charge is 2.22. The molecule has 0 bridgehead atoms. The van der Waals surface area contributed by atoms with Gasteiger partial charge < -0.3 is 15.1 Å². The van der Waals surface area contributed by atoms with E-state index in [2.05, 4.69) is 48.0 Å². The average molecular weight is 294 g/mol. The summed E-state index contributed by atoms with van der Waals surface area (Å²) in [6.45, 7) is 8.08. The van der Waals surface area contributed by atoms with Crippen LogP contribution in [0.25, 0.3) is 0 Å². The van der Waals surface area contributed by atoms with Crippen molar-refractivity contribution >= 4 is 5.82 Å². The number of rotatable bonds is 6. The van der Waals surface area contributed by atoms with E-state index < -0.39 is 0 Å². The summed E-state index contributed by atoms with van der Waals surface area (Å²) in [7, 11) is 4.21. The maximum absolute atomic E-state index is 13.5. The number of nitrogens with zero attached hydrogens (tertiary/aromatic N) is 3. The second kappa shape index (κ2) is 7.18. The van der Waals surface area contributed by atoms with Crippen LogP contribution in [0.5, 0.6) is 0 Å². The molecule has 0 spiro atoms. The molecule has 2 heterocycles. The zero-order valence-electron chi connectivity index (χ0n) is 13.6. The number of nitrogens with one attached hydrogen (secondary N) is 1. The molecule has 5 heteroatoms. The van der Waals surface area contributed by atoms with E-state index >= 15 is 0 Å². The molecule has 118 valence electrons. The summed E-state index contributed by atoms with van der Waals surface area (Å²) < 4.78 is 13.5. The summed E-state index contributed by atoms with van der Waals surface area (Å²) in [6.07, 6.45) is 2.53. The second-order valence-corrected chi connectivity index (χ2v) is 6.47. The number of pyridine rings is 1. The van der Waals surface area contributed by atoms with Gasteiger partial charge in [-0.15, -0.1) is 0 Å². The standard InChI is InChI=1S/C16H27FN4/c1-12(2)18-8-14-7-15(17)9-19-16(14)21(4)11-13-5-6-20(3)10-13/h7,9,12-13,18H,5-6,8,10-11H2,1-4H3. The maximum Gasteiger partial charge on any atom is 0.141 e. The maximum atomic E-state index is 13.5. The molecular weight excluding hydrogens is 267 g/mol. The Kier molecular flexibility index (Phi) is 5.53. The van der Waals surface area contributed by atoms with Crippen LogP contribution in [0.3, 0.4) is 0 Å². The van der Waals surface area contributed by atoms with E-state index in [0.29, 0.717) is 18.5 Å². The third-order valence-electron chi connectivity index (χ3n) is 3.99. The first-order chi connectivity index (χ1) is 9.95. The fourth-order valence-corrected chi connectivity index (χ4v) is 2.91. The molecule has 1 aliphatic rings. The van der Waals surface area contributed by atoms with Crippen LogP contribution in [0.15, 0.2) is 12.3 Å². The van der Waals surface area contributed by atoms with E-state index in [1.54, 1.807) is 6.07 Å². The molecular formula is C16H27FN4. The number of likely N-dealkylation sites (tertiary alicyclic amines) is 1. The van der Waals surface area contributed by atoms with Crippen molar-refractivity contribution in [1.82, 2.24) is 15.2 Å². The first kappa shape index (κ1) is 16.2. The van der Waals surface area contributed by atoms with Gasteiger partial charge in [-0.1, -0.05) is 13.8 Å². The van der Waals surface area contributed by atoms with Crippen molar-refractivity contribution < 1.29 is 4.39 Å². The van der Waals surface area contributed by atoms with E-state index in [1.807, 2.05) is 0 Å². The highest BCUT2D eigenvalue weighted by atomic mass is 19.1. The molecule has 1 aliphatic heterocycles. The van der Waals surface area contributed by atoms with Crippen molar-refractivity contribution in [3.63, 3.8) is 0 Å². The fraction of sp³-hybridized carbons (Fsp3) is 0.688. The molecule has 1 N–H and O–H groups in total. The SMILES string of the molecule is CC(C)NCc1cc(F)cnc1N(C)CC1CCN(C)C1. The van der Waals surface area contributed by atoms with Gasteiger partial charge in [0.1, 0.15) is 11.6 Å². The molecule has 0 aliphatic carbocycles. The van der Waals surface area contributed by atoms with Crippen LogP contribution in [0.4, 0.5) is 10.2 Å². The summed E-state index contributed by atoms with van der Waals surface area (Å²) >= 11 is 0. The Balaban J connectivity index is 2.06. The Hall–Kier alpha value is -1.20. The van der Waals surface area contributed by atoms with Gasteiger partial charge in [0.2, 0.25) is 0 Å². The van der Waals surface area contributed by atoms with Gasteiger partial charge in [-0.2, -0.15) is 0 Å². The Labute approximate surface area is 127 Å². The van der Waals surface area contributed by atoms with Crippen molar-refractivity contribution in [3.8, 4) is 0 Å². The molecule has 0 saturated carbocycles. The van der Waals surface area contributed by atoms with Crippen molar-refractivity contribution in [2.75, 3.05) is 38.6 Å². The lowest BCUT2D eigenvalue weighted by molar-refractivity contribution is 0.395. The molecule has 1 saturated heterocycles. The van der Waals surface area contributed by atoms with Crippen LogP contribution < -0.4 is 10.2 Å². The predicted molar refractivity (Wildman–Crippen MR) is 85.0 cm³/mol. The minimum absolute atomic E-state index is 0.270. The Bertz CT molecular complexity index is 464. The quantitative estimate of drug-likeness (QED) is 0.871. The van der Waals surface area contributed by atoms with Gasteiger partial charge in [-0.25, -0.2) is 9.37 Å². The lowest BCUT2D eigenvalue weighted by atomic mass is 10.1. The summed E-state index contributed by atoms with van der Waals surface area (Å²) in [4.78, 5) is 8.84. The second-order valence-electron chi connectivity index (χ2n) is 6.47. The van der Waals surface area contributed by atoms with Crippen LogP contribution in [0, 0.1) is 11.7 Å². The van der Waals surface area contributed by atoms with E-state index in [1.165, 1.54) is 12.6 Å². The summed E-state index contributed by atoms with van der Waals surface area (Å²) in [6, 6.07) is 1.96. The molecule has 1 aromatic rings. The fourth-order valence-electron chi connectivity index (χ4n) is 2.91. The molecule has 1 aromatic heterocycles. The lowest BCUT2D eigenvalue weighted by Crippen LogP contribution is -2.30. The molecule has 4 nitrogen and oxygen atoms in total. The molecule has 0 aromatic carbocycles. The summed E-state index contributed by atoms with van der Waals surface area (Å²) in [5.74, 6) is 1.28. The average Bonchev–Trinajstić information content (AvgIpc) is 2.81. The molecule has 0 amide bonds. The third kappa shape index (κ3) is 4.64. The zero-order valence-corrected chi connectivity index (χ0v) is 13.6. The monoisotopic (exact) mass is 294 g/mol. The van der Waals surface area contributed by atoms with Gasteiger partial charge in [0.15, 0.2) is 0 Å². The van der Waals surface area contributed by atoms with Crippen LogP contribution in [0.1, 0.15) is 25.8 Å². The van der Waals surface area contributed by atoms with Gasteiger partial charge >= 0.3 is 0 Å². The first-order valence-electron chi connectivity index (χ1n) is 7.73. The van der Waals surface area contributed by atoms with Crippen molar-refractivity contribution in [1.29, 1.82) is 0 Å². The molecule has 1 atom stereocenters. The smallest absolute Gasteiger partial charge is 0.141 e. The minimum atomic E-state index is -0.270. The normalized spacial score (nSPS) is 19.4. The van der Waals surface area contributed by atoms with Crippen molar-refractivity contribution in [2.24, 2.45) is 5.92 Å². The number of anilines is 1. The number of hydrogen-bond donors (Lipinski definition) is 1. The molecule has 2 rings (SSSR count). The summed E-state index contributed by atoms with van der Waals surface area (Å²) in [5, 5.41) is 3.34. The van der Waals surface area contributed by atoms with E-state index in [4.69, 9.17) is 0 Å². The molecule has 0 radical (unpaired) electrons. The van der Waals surface area contributed by atoms with Crippen molar-refractivity contribution in [2.45, 2.75) is 32.9 Å². The Morgan fingerprint density at radius 2 is 2.29 bits per heavy atom. The topological polar surface area (TPSA) is 31.4 Å². The highest BCUT2D eigenvalue weighted by Crippen LogP contribution is 2.22. The molecule has 1 unspecified atom stereocenters. The number of halogens is 1. The third-order valence-corrected chi connectivity index (χ3v) is 3.99. The Morgan fingerprint density at radius 1 is 1.52 bits per heavy atom. The zero-order chi connectivity index (χ0) is 15.4. The predicted octanol–water partition coefficient (Wildman–Crippen LogP) is 2.11. The molecule has 21 heavy (non-hydrogen) atoms. The van der Waals surface area contributed by atoms with Gasteiger partial charge in [-0.3, -0.25) is 0 Å². The van der Waals surface area contributed by atoms with Crippen LogP contribution >= 0.6 is 0 Å². The largest absolute Gasteiger partial charge is 0.359 e. The summed E-state index contributed by atoms with van der Waals surface area (Å²) in [5.41, 5.74) is 0.928. The molecule has 1 fully saturated rings. The Morgan fingerprint density at radius 3 is 2.90 bits per heavy atom. The highest BCUT2D eigenvalue weighted by molar-refractivity contribution is 5.46. The van der Waals surface area contributed by atoms with Gasteiger partial charge in [0.25, 0.3) is 0 Å². The van der Waals surface area contributed by atoms with Gasteiger partial charge in [-0.05, 0) is 32.0 Å². The van der Waals surface area contributed by atoms with Crippen molar-refractivity contribution in [3.05, 3.63) is 23.6 Å². The number of aromatic nitrogens is 1. The number of hydrogen-bond acceptors (Lipinski definition) is 4. The lowest BCUT2D eigenvalue weighted by Gasteiger charge is -2.25. The van der Waals surface area contributed by atoms with Crippen LogP contribution in [-0.2, 0) is 6.54 Å². The van der Waals surface area contributed by atoms with E-state index in [9.17, 15) is 4.39 Å². The van der Waals surface area contributed by atoms with Crippen LogP contribution in [0.2, 0.25) is 0 Å². The van der Waals surface area contributed by atoms with Gasteiger partial charge in [0.05, 0.1) is 6.20 Å². The van der Waals surface area contributed by atoms with Gasteiger partial charge in [0, 0.05) is 38.3 Å². The van der Waals surface area contributed by atoms with E-state index in [0.717, 1.165) is 31.0 Å². The van der Waals surface area contributed by atoms with E-state index in [-0.39, 0.29) is 5.82 Å². The minimum Gasteiger partial charge on any atom is -0.359 e. The van der Waals surface area contributed by atoms with Crippen LogP contribution in [-0.4, -0.2) is 49.7 Å².